The van der Waals surface area contributed by atoms with Crippen LogP contribution in [0.5, 0.6) is 0 Å². The van der Waals surface area contributed by atoms with Crippen molar-refractivity contribution in [3.05, 3.63) is 64.7 Å². The lowest BCUT2D eigenvalue weighted by atomic mass is 10.1. The van der Waals surface area contributed by atoms with Gasteiger partial charge in [0, 0.05) is 6.04 Å². The van der Waals surface area contributed by atoms with Crippen molar-refractivity contribution < 1.29 is 17.9 Å². The third-order valence-electron chi connectivity index (χ3n) is 3.77. The molecule has 2 rings (SSSR count). The lowest BCUT2D eigenvalue weighted by molar-refractivity contribution is 0.0600. The van der Waals surface area contributed by atoms with Gasteiger partial charge in [-0.2, -0.15) is 5.26 Å². The molecule has 0 aliphatic heterocycles. The summed E-state index contributed by atoms with van der Waals surface area (Å²) in [7, 11) is -2.60. The van der Waals surface area contributed by atoms with Crippen molar-refractivity contribution in [2.24, 2.45) is 0 Å². The van der Waals surface area contributed by atoms with Crippen molar-refractivity contribution in [3.63, 3.8) is 0 Å². The van der Waals surface area contributed by atoms with Crippen LogP contribution in [0.3, 0.4) is 0 Å². The number of benzene rings is 2. The molecule has 0 heterocycles. The molecule has 0 saturated heterocycles. The van der Waals surface area contributed by atoms with Gasteiger partial charge in [0.1, 0.15) is 0 Å². The molecule has 6 nitrogen and oxygen atoms in total. The molecule has 25 heavy (non-hydrogen) atoms. The molecule has 1 unspecified atom stereocenters. The quantitative estimate of drug-likeness (QED) is 0.829. The zero-order chi connectivity index (χ0) is 18.6. The molecule has 0 bridgehead atoms. The first-order valence-electron chi connectivity index (χ1n) is 7.50. The van der Waals surface area contributed by atoms with Crippen LogP contribution in [0, 0.1) is 18.3 Å². The first kappa shape index (κ1) is 18.6. The minimum Gasteiger partial charge on any atom is -0.465 e. The van der Waals surface area contributed by atoms with E-state index in [-0.39, 0.29) is 10.5 Å². The molecule has 1 atom stereocenters. The first-order valence-corrected chi connectivity index (χ1v) is 8.98. The van der Waals surface area contributed by atoms with Crippen LogP contribution in [-0.4, -0.2) is 21.5 Å². The second-order valence-electron chi connectivity index (χ2n) is 5.55. The van der Waals surface area contributed by atoms with Gasteiger partial charge in [-0.3, -0.25) is 0 Å². The number of aryl methyl sites for hydroxylation is 1. The number of nitrogens with one attached hydrogen (secondary N) is 1. The molecule has 0 saturated carbocycles. The molecule has 130 valence electrons. The van der Waals surface area contributed by atoms with Crippen LogP contribution >= 0.6 is 0 Å². The third-order valence-corrected chi connectivity index (χ3v) is 5.45. The summed E-state index contributed by atoms with van der Waals surface area (Å²) in [5, 5.41) is 8.82. The summed E-state index contributed by atoms with van der Waals surface area (Å²) in [6, 6.07) is 12.5. The summed E-state index contributed by atoms with van der Waals surface area (Å²) in [6.07, 6.45) is 0. The smallest absolute Gasteiger partial charge is 0.337 e. The van der Waals surface area contributed by atoms with Gasteiger partial charge in [0.25, 0.3) is 0 Å². The molecule has 0 aliphatic carbocycles. The Morgan fingerprint density at radius 1 is 1.20 bits per heavy atom. The lowest BCUT2D eigenvalue weighted by Gasteiger charge is -2.16. The third kappa shape index (κ3) is 4.24. The standard InChI is InChI=1S/C18H18N2O4S/c1-12-4-7-16(18(21)24-3)10-17(12)25(22,23)20-13(2)15-8-5-14(11-19)6-9-15/h4-10,13,20H,1-3H3. The number of ether oxygens (including phenoxy) is 1. The van der Waals surface area contributed by atoms with E-state index in [1.54, 1.807) is 44.2 Å². The number of nitriles is 1. The van der Waals surface area contributed by atoms with Gasteiger partial charge in [0.15, 0.2) is 0 Å². The van der Waals surface area contributed by atoms with E-state index >= 15 is 0 Å². The molecule has 0 aliphatic rings. The fourth-order valence-electron chi connectivity index (χ4n) is 2.35. The number of hydrogen-bond donors (Lipinski definition) is 1. The van der Waals surface area contributed by atoms with Gasteiger partial charge < -0.3 is 4.74 Å². The van der Waals surface area contributed by atoms with E-state index < -0.39 is 22.0 Å². The van der Waals surface area contributed by atoms with E-state index in [0.29, 0.717) is 11.1 Å². The van der Waals surface area contributed by atoms with Crippen LogP contribution in [-0.2, 0) is 14.8 Å². The molecule has 7 heteroatoms. The monoisotopic (exact) mass is 358 g/mol. The van der Waals surface area contributed by atoms with Crippen molar-refractivity contribution >= 4 is 16.0 Å². The summed E-state index contributed by atoms with van der Waals surface area (Å²) in [6.45, 7) is 3.36. The molecule has 0 aromatic heterocycles. The second kappa shape index (κ2) is 7.47. The minimum absolute atomic E-state index is 0.0240. The van der Waals surface area contributed by atoms with Crippen molar-refractivity contribution in [2.45, 2.75) is 24.8 Å². The molecule has 0 spiro atoms. The highest BCUT2D eigenvalue weighted by atomic mass is 32.2. The van der Waals surface area contributed by atoms with E-state index in [4.69, 9.17) is 5.26 Å². The predicted molar refractivity (Wildman–Crippen MR) is 92.4 cm³/mol. The molecule has 1 N–H and O–H groups in total. The normalized spacial score (nSPS) is 12.2. The SMILES string of the molecule is COC(=O)c1ccc(C)c(S(=O)(=O)NC(C)c2ccc(C#N)cc2)c1. The number of nitrogens with zero attached hydrogens (tertiary/aromatic N) is 1. The topological polar surface area (TPSA) is 96.3 Å². The van der Waals surface area contributed by atoms with Gasteiger partial charge in [-0.05, 0) is 49.2 Å². The summed E-state index contributed by atoms with van der Waals surface area (Å²) >= 11 is 0. The molecular formula is C18H18N2O4S. The van der Waals surface area contributed by atoms with Gasteiger partial charge in [0.05, 0.1) is 29.2 Å². The molecule has 0 amide bonds. The Morgan fingerprint density at radius 2 is 1.84 bits per heavy atom. The van der Waals surface area contributed by atoms with Gasteiger partial charge in [-0.1, -0.05) is 18.2 Å². The number of carbonyl (C=O) groups is 1. The number of rotatable bonds is 5. The lowest BCUT2D eigenvalue weighted by Crippen LogP contribution is -2.27. The van der Waals surface area contributed by atoms with E-state index in [1.807, 2.05) is 6.07 Å². The fraction of sp³-hybridized carbons (Fsp3) is 0.222. The molecule has 2 aromatic rings. The van der Waals surface area contributed by atoms with E-state index in [9.17, 15) is 13.2 Å². The van der Waals surface area contributed by atoms with Crippen LogP contribution in [0.4, 0.5) is 0 Å². The molecule has 2 aromatic carbocycles. The highest BCUT2D eigenvalue weighted by molar-refractivity contribution is 7.89. The predicted octanol–water partition coefficient (Wildman–Crippen LogP) is 2.69. The Morgan fingerprint density at radius 3 is 2.40 bits per heavy atom. The molecule has 0 radical (unpaired) electrons. The van der Waals surface area contributed by atoms with Crippen LogP contribution in [0.2, 0.25) is 0 Å². The van der Waals surface area contributed by atoms with Gasteiger partial charge >= 0.3 is 5.97 Å². The van der Waals surface area contributed by atoms with Crippen molar-refractivity contribution in [3.8, 4) is 6.07 Å². The average Bonchev–Trinajstić information content (AvgIpc) is 2.61. The maximum Gasteiger partial charge on any atom is 0.337 e. The summed E-state index contributed by atoms with van der Waals surface area (Å²) < 4.78 is 32.6. The zero-order valence-electron chi connectivity index (χ0n) is 14.1. The van der Waals surface area contributed by atoms with Gasteiger partial charge in [-0.15, -0.1) is 0 Å². The van der Waals surface area contributed by atoms with E-state index in [1.165, 1.54) is 19.2 Å². The zero-order valence-corrected chi connectivity index (χ0v) is 14.9. The molecular weight excluding hydrogens is 340 g/mol. The number of carbonyl (C=O) groups excluding carboxylic acids is 1. The largest absolute Gasteiger partial charge is 0.465 e. The van der Waals surface area contributed by atoms with E-state index in [2.05, 4.69) is 9.46 Å². The van der Waals surface area contributed by atoms with Crippen LogP contribution in [0.15, 0.2) is 47.4 Å². The van der Waals surface area contributed by atoms with Crippen LogP contribution < -0.4 is 4.72 Å². The molecule has 0 fully saturated rings. The first-order chi connectivity index (χ1) is 11.8. The highest BCUT2D eigenvalue weighted by Gasteiger charge is 2.22. The second-order valence-corrected chi connectivity index (χ2v) is 7.23. The van der Waals surface area contributed by atoms with Crippen LogP contribution in [0.1, 0.15) is 40.0 Å². The van der Waals surface area contributed by atoms with Crippen molar-refractivity contribution in [2.75, 3.05) is 7.11 Å². The Labute approximate surface area is 147 Å². The number of sulfonamides is 1. The van der Waals surface area contributed by atoms with E-state index in [0.717, 1.165) is 5.56 Å². The Kier molecular flexibility index (Phi) is 5.57. The van der Waals surface area contributed by atoms with Crippen molar-refractivity contribution in [1.82, 2.24) is 4.72 Å². The maximum absolute atomic E-state index is 12.7. The number of hydrogen-bond acceptors (Lipinski definition) is 5. The Hall–Kier alpha value is -2.69. The van der Waals surface area contributed by atoms with Gasteiger partial charge in [0.2, 0.25) is 10.0 Å². The van der Waals surface area contributed by atoms with Gasteiger partial charge in [-0.25, -0.2) is 17.9 Å². The maximum atomic E-state index is 12.7. The highest BCUT2D eigenvalue weighted by Crippen LogP contribution is 2.21. The number of methoxy groups -OCH3 is 1. The number of esters is 1. The summed E-state index contributed by atoms with van der Waals surface area (Å²) in [5.41, 5.74) is 1.91. The Balaban J connectivity index is 2.32. The van der Waals surface area contributed by atoms with Crippen molar-refractivity contribution in [1.29, 1.82) is 5.26 Å². The average molecular weight is 358 g/mol. The fourth-order valence-corrected chi connectivity index (χ4v) is 3.85. The minimum atomic E-state index is -3.84. The summed E-state index contributed by atoms with van der Waals surface area (Å²) in [5.74, 6) is -0.600. The van der Waals surface area contributed by atoms with Crippen LogP contribution in [0.25, 0.3) is 0 Å². The Bertz CT molecular complexity index is 929. The summed E-state index contributed by atoms with van der Waals surface area (Å²) in [4.78, 5) is 11.7.